The van der Waals surface area contributed by atoms with Crippen molar-refractivity contribution in [2.45, 2.75) is 0 Å². The van der Waals surface area contributed by atoms with E-state index in [-0.39, 0.29) is 11.5 Å². The van der Waals surface area contributed by atoms with Crippen LogP contribution in [-0.4, -0.2) is 20.5 Å². The van der Waals surface area contributed by atoms with Gasteiger partial charge in [-0.05, 0) is 0 Å². The Labute approximate surface area is 56.0 Å². The minimum Gasteiger partial charge on any atom is -0.380 e. The van der Waals surface area contributed by atoms with Crippen LogP contribution in [0.5, 0.6) is 0 Å². The molecular weight excluding hydrogens is 140 g/mol. The summed E-state index contributed by atoms with van der Waals surface area (Å²) in [7, 11) is 0. The third-order valence-electron chi connectivity index (χ3n) is 0.777. The number of rotatable bonds is 1. The molecule has 0 aliphatic carbocycles. The Kier molecular flexibility index (Phi) is 1.39. The Balaban J connectivity index is 3.08. The second kappa shape index (κ2) is 2.06. The molecule has 0 aliphatic heterocycles. The fraction of sp³-hybridized carbons (Fsp3) is 0. The van der Waals surface area contributed by atoms with Gasteiger partial charge in [0.2, 0.25) is 5.12 Å². The number of nitrogens with two attached hydrogens (primary N) is 1. The molecule has 0 aromatic carbocycles. The summed E-state index contributed by atoms with van der Waals surface area (Å²) in [6, 6.07) is 0. The molecule has 9 heavy (non-hydrogen) atoms. The highest BCUT2D eigenvalue weighted by Gasteiger charge is 2.08. The Bertz CT molecular complexity index is 231. The van der Waals surface area contributed by atoms with Gasteiger partial charge in [0, 0.05) is 0 Å². The largest absolute Gasteiger partial charge is 0.380 e. The van der Waals surface area contributed by atoms with Crippen molar-refractivity contribution in [1.29, 1.82) is 0 Å². The van der Waals surface area contributed by atoms with Crippen LogP contribution in [0.25, 0.3) is 0 Å². The number of H-pyrrole nitrogens is 1. The van der Waals surface area contributed by atoms with Crippen molar-refractivity contribution in [3.05, 3.63) is 5.69 Å². The van der Waals surface area contributed by atoms with Crippen LogP contribution in [0.1, 0.15) is 10.5 Å². The lowest BCUT2D eigenvalue weighted by Gasteiger charge is -1.82. The normalized spacial score (nSPS) is 9.44. The summed E-state index contributed by atoms with van der Waals surface area (Å²) in [6.45, 7) is 0. The van der Waals surface area contributed by atoms with Gasteiger partial charge in [-0.25, -0.2) is 0 Å². The highest BCUT2D eigenvalue weighted by Crippen LogP contribution is 2.03. The first-order chi connectivity index (χ1) is 4.22. The van der Waals surface area contributed by atoms with E-state index in [0.29, 0.717) is 0 Å². The van der Waals surface area contributed by atoms with Gasteiger partial charge in [0.25, 0.3) is 0 Å². The van der Waals surface area contributed by atoms with Gasteiger partial charge in [0.15, 0.2) is 11.5 Å². The van der Waals surface area contributed by atoms with Crippen LogP contribution < -0.4 is 5.73 Å². The van der Waals surface area contributed by atoms with Gasteiger partial charge in [0.05, 0.1) is 0 Å². The average Bonchev–Trinajstić information content (AvgIpc) is 2.13. The molecule has 0 saturated heterocycles. The maximum Gasteiger partial charge on any atom is 0.240 e. The molecule has 0 fully saturated rings. The van der Waals surface area contributed by atoms with Crippen molar-refractivity contribution in [3.8, 4) is 0 Å². The molecule has 0 aliphatic rings. The van der Waals surface area contributed by atoms with Crippen LogP contribution in [0, 0.1) is 0 Å². The van der Waals surface area contributed by atoms with Crippen LogP contribution in [0.4, 0.5) is 5.82 Å². The molecule has 6 heteroatoms. The minimum absolute atomic E-state index is 0.0679. The molecule has 0 saturated carbocycles. The number of nitrogens with one attached hydrogen (secondary N) is 1. The van der Waals surface area contributed by atoms with Gasteiger partial charge >= 0.3 is 0 Å². The third kappa shape index (κ3) is 1.02. The van der Waals surface area contributed by atoms with Crippen LogP contribution in [0.3, 0.4) is 0 Å². The van der Waals surface area contributed by atoms with E-state index in [1.807, 2.05) is 0 Å². The van der Waals surface area contributed by atoms with Gasteiger partial charge in [0.1, 0.15) is 0 Å². The van der Waals surface area contributed by atoms with Crippen molar-refractivity contribution < 1.29 is 4.79 Å². The maximum atomic E-state index is 10.4. The van der Waals surface area contributed by atoms with E-state index in [0.717, 1.165) is 0 Å². The third-order valence-corrected chi connectivity index (χ3v) is 0.989. The van der Waals surface area contributed by atoms with Crippen molar-refractivity contribution in [3.63, 3.8) is 0 Å². The van der Waals surface area contributed by atoms with Crippen LogP contribution in [-0.2, 0) is 0 Å². The summed E-state index contributed by atoms with van der Waals surface area (Å²) >= 11 is 3.48. The SMILES string of the molecule is Nc1n[nH]nc1C(=O)S. The fourth-order valence-electron chi connectivity index (χ4n) is 0.396. The molecule has 48 valence electrons. The summed E-state index contributed by atoms with van der Waals surface area (Å²) in [5.41, 5.74) is 5.23. The van der Waals surface area contributed by atoms with Crippen LogP contribution >= 0.6 is 12.6 Å². The molecule has 0 bridgehead atoms. The van der Waals surface area contributed by atoms with Crippen molar-refractivity contribution >= 4 is 23.6 Å². The van der Waals surface area contributed by atoms with Gasteiger partial charge in [-0.1, -0.05) is 12.6 Å². The molecule has 0 amide bonds. The molecule has 5 nitrogen and oxygen atoms in total. The zero-order chi connectivity index (χ0) is 6.85. The van der Waals surface area contributed by atoms with Gasteiger partial charge in [-0.2, -0.15) is 5.21 Å². The van der Waals surface area contributed by atoms with E-state index in [2.05, 4.69) is 28.0 Å². The number of aromatic amines is 1. The molecule has 1 aromatic heterocycles. The Morgan fingerprint density at radius 1 is 1.67 bits per heavy atom. The molecular formula is C3H4N4OS. The number of carbonyl (C=O) groups is 1. The predicted molar refractivity (Wildman–Crippen MR) is 34.1 cm³/mol. The van der Waals surface area contributed by atoms with Crippen molar-refractivity contribution in [2.24, 2.45) is 0 Å². The quantitative estimate of drug-likeness (QED) is 0.462. The van der Waals surface area contributed by atoms with E-state index < -0.39 is 5.12 Å². The molecule has 1 heterocycles. The fourth-order valence-corrected chi connectivity index (χ4v) is 0.561. The smallest absolute Gasteiger partial charge is 0.240 e. The highest BCUT2D eigenvalue weighted by molar-refractivity contribution is 7.97. The first kappa shape index (κ1) is 6.09. The highest BCUT2D eigenvalue weighted by atomic mass is 32.1. The topological polar surface area (TPSA) is 84.7 Å². The lowest BCUT2D eigenvalue weighted by Crippen LogP contribution is -1.95. The molecule has 0 unspecified atom stereocenters. The van der Waals surface area contributed by atoms with Gasteiger partial charge < -0.3 is 5.73 Å². The van der Waals surface area contributed by atoms with E-state index >= 15 is 0 Å². The number of anilines is 1. The number of hydrogen-bond acceptors (Lipinski definition) is 4. The summed E-state index contributed by atoms with van der Waals surface area (Å²) in [5, 5.41) is 8.54. The number of thiol groups is 1. The summed E-state index contributed by atoms with van der Waals surface area (Å²) in [4.78, 5) is 10.4. The summed E-state index contributed by atoms with van der Waals surface area (Å²) < 4.78 is 0. The minimum atomic E-state index is -0.485. The number of carbonyl (C=O) groups excluding carboxylic acids is 1. The second-order valence-electron chi connectivity index (χ2n) is 1.36. The molecule has 0 atom stereocenters. The number of hydrogen-bond donors (Lipinski definition) is 3. The van der Waals surface area contributed by atoms with Crippen LogP contribution in [0.15, 0.2) is 0 Å². The zero-order valence-corrected chi connectivity index (χ0v) is 5.22. The Hall–Kier alpha value is -1.04. The van der Waals surface area contributed by atoms with Gasteiger partial charge in [-0.3, -0.25) is 4.79 Å². The molecule has 0 radical (unpaired) electrons. The van der Waals surface area contributed by atoms with E-state index in [9.17, 15) is 4.79 Å². The van der Waals surface area contributed by atoms with E-state index in [1.54, 1.807) is 0 Å². The Morgan fingerprint density at radius 3 is 2.56 bits per heavy atom. The molecule has 3 N–H and O–H groups in total. The Morgan fingerprint density at radius 2 is 2.33 bits per heavy atom. The lowest BCUT2D eigenvalue weighted by molar-refractivity contribution is 0.108. The summed E-state index contributed by atoms with van der Waals surface area (Å²) in [6.07, 6.45) is 0. The monoisotopic (exact) mass is 144 g/mol. The molecule has 1 aromatic rings. The molecule has 0 spiro atoms. The maximum absolute atomic E-state index is 10.4. The number of nitrogen functional groups attached to an aromatic ring is 1. The van der Waals surface area contributed by atoms with E-state index in [4.69, 9.17) is 5.73 Å². The first-order valence-electron chi connectivity index (χ1n) is 2.11. The zero-order valence-electron chi connectivity index (χ0n) is 4.33. The van der Waals surface area contributed by atoms with E-state index in [1.165, 1.54) is 0 Å². The molecule has 1 rings (SSSR count). The summed E-state index contributed by atoms with van der Waals surface area (Å²) in [5.74, 6) is 0.0787. The average molecular weight is 144 g/mol. The standard InChI is InChI=1S/C3H4N4OS/c4-2-1(3(8)9)5-7-6-2/h(H,8,9)(H3,4,5,6,7). The van der Waals surface area contributed by atoms with Gasteiger partial charge in [-0.15, -0.1) is 10.2 Å². The van der Waals surface area contributed by atoms with Crippen LogP contribution in [0.2, 0.25) is 0 Å². The number of nitrogens with zero attached hydrogens (tertiary/aromatic N) is 2. The predicted octanol–water partition coefficient (Wildman–Crippen LogP) is -0.543. The number of aromatic nitrogens is 3. The van der Waals surface area contributed by atoms with Crippen molar-refractivity contribution in [1.82, 2.24) is 15.4 Å². The van der Waals surface area contributed by atoms with Crippen molar-refractivity contribution in [2.75, 3.05) is 5.73 Å². The second-order valence-corrected chi connectivity index (χ2v) is 1.77. The first-order valence-corrected chi connectivity index (χ1v) is 2.56. The lowest BCUT2D eigenvalue weighted by atomic mass is 10.5.